The van der Waals surface area contributed by atoms with Crippen molar-refractivity contribution in [2.75, 3.05) is 20.3 Å². The molecule has 0 aromatic heterocycles. The molecule has 8 nitrogen and oxygen atoms in total. The van der Waals surface area contributed by atoms with E-state index in [2.05, 4.69) is 10.6 Å². The van der Waals surface area contributed by atoms with E-state index in [1.165, 1.54) is 7.11 Å². The predicted octanol–water partition coefficient (Wildman–Crippen LogP) is 2.52. The molecule has 0 spiro atoms. The fraction of sp³-hybridized carbons (Fsp3) is 0.348. The highest BCUT2D eigenvalue weighted by molar-refractivity contribution is 5.89. The lowest BCUT2D eigenvalue weighted by Gasteiger charge is -2.20. The number of alkyl carbamates (subject to hydrolysis) is 1. The number of rotatable bonds is 9. The van der Waals surface area contributed by atoms with E-state index in [1.807, 2.05) is 48.5 Å². The number of fused-ring (bicyclic) bond motifs is 3. The summed E-state index contributed by atoms with van der Waals surface area (Å²) < 4.78 is 10.3. The Morgan fingerprint density at radius 1 is 0.968 bits per heavy atom. The van der Waals surface area contributed by atoms with Crippen LogP contribution >= 0.6 is 0 Å². The van der Waals surface area contributed by atoms with Crippen molar-refractivity contribution in [3.8, 4) is 11.1 Å². The standard InChI is InChI=1S/C23H26N2O6/c1-3-19(21(26)24-20(13-30-2)22(27)28)25-23(29)31-12-18-16-10-6-4-8-14(16)15-9-5-7-11-17(15)18/h4-11,18-20H,3,12-13H2,1-2H3,(H,24,26)(H,25,29)(H,27,28)/t19-,20?/m1/s1. The van der Waals surface area contributed by atoms with Crippen molar-refractivity contribution in [1.29, 1.82) is 0 Å². The second-order valence-electron chi connectivity index (χ2n) is 7.29. The quantitative estimate of drug-likeness (QED) is 0.568. The third-order valence-electron chi connectivity index (χ3n) is 5.31. The maximum absolute atomic E-state index is 12.4. The third-order valence-corrected chi connectivity index (χ3v) is 5.31. The number of amides is 2. The molecular weight excluding hydrogens is 400 g/mol. The van der Waals surface area contributed by atoms with Crippen LogP contribution in [0.15, 0.2) is 48.5 Å². The van der Waals surface area contributed by atoms with Gasteiger partial charge in [0.25, 0.3) is 0 Å². The number of hydrogen-bond acceptors (Lipinski definition) is 5. The molecule has 0 radical (unpaired) electrons. The number of carboxylic acids is 1. The Hall–Kier alpha value is -3.39. The minimum atomic E-state index is -1.22. The van der Waals surface area contributed by atoms with Gasteiger partial charge in [0.1, 0.15) is 12.6 Å². The highest BCUT2D eigenvalue weighted by Gasteiger charge is 2.30. The first-order valence-corrected chi connectivity index (χ1v) is 10.1. The Morgan fingerprint density at radius 3 is 2.06 bits per heavy atom. The van der Waals surface area contributed by atoms with Crippen LogP contribution in [0.2, 0.25) is 0 Å². The maximum atomic E-state index is 12.4. The molecule has 2 aromatic carbocycles. The molecule has 0 saturated heterocycles. The zero-order valence-corrected chi connectivity index (χ0v) is 17.5. The van der Waals surface area contributed by atoms with Crippen molar-refractivity contribution in [1.82, 2.24) is 10.6 Å². The Labute approximate surface area is 180 Å². The third kappa shape index (κ3) is 5.03. The van der Waals surface area contributed by atoms with Gasteiger partial charge < -0.3 is 25.2 Å². The number of nitrogens with one attached hydrogen (secondary N) is 2. The Balaban J connectivity index is 1.62. The van der Waals surface area contributed by atoms with Gasteiger partial charge in [0.2, 0.25) is 5.91 Å². The minimum absolute atomic E-state index is 0.0925. The number of carbonyl (C=O) groups is 3. The molecule has 0 heterocycles. The van der Waals surface area contributed by atoms with Crippen LogP contribution < -0.4 is 10.6 Å². The minimum Gasteiger partial charge on any atom is -0.480 e. The number of hydrogen-bond donors (Lipinski definition) is 3. The molecule has 164 valence electrons. The summed E-state index contributed by atoms with van der Waals surface area (Å²) in [7, 11) is 1.34. The summed E-state index contributed by atoms with van der Waals surface area (Å²) in [6, 6.07) is 13.9. The first-order chi connectivity index (χ1) is 15.0. The van der Waals surface area contributed by atoms with Crippen molar-refractivity contribution < 1.29 is 29.0 Å². The normalized spacial score (nSPS) is 14.1. The average Bonchev–Trinajstić information content (AvgIpc) is 3.09. The van der Waals surface area contributed by atoms with Gasteiger partial charge in [0, 0.05) is 13.0 Å². The zero-order valence-electron chi connectivity index (χ0n) is 17.5. The first-order valence-electron chi connectivity index (χ1n) is 10.1. The second-order valence-corrected chi connectivity index (χ2v) is 7.29. The molecule has 8 heteroatoms. The van der Waals surface area contributed by atoms with Crippen LogP contribution in [0.1, 0.15) is 30.4 Å². The van der Waals surface area contributed by atoms with Gasteiger partial charge in [-0.2, -0.15) is 0 Å². The van der Waals surface area contributed by atoms with E-state index in [0.29, 0.717) is 0 Å². The molecule has 1 unspecified atom stereocenters. The van der Waals surface area contributed by atoms with Crippen molar-refractivity contribution in [2.24, 2.45) is 0 Å². The Morgan fingerprint density at radius 2 is 1.55 bits per heavy atom. The largest absolute Gasteiger partial charge is 0.480 e. The molecule has 0 aliphatic heterocycles. The van der Waals surface area contributed by atoms with Gasteiger partial charge in [-0.25, -0.2) is 9.59 Å². The van der Waals surface area contributed by atoms with Crippen LogP contribution in [0.4, 0.5) is 4.79 Å². The summed E-state index contributed by atoms with van der Waals surface area (Å²) in [6.07, 6.45) is -0.461. The second kappa shape index (κ2) is 10.1. The van der Waals surface area contributed by atoms with E-state index in [1.54, 1.807) is 6.92 Å². The number of ether oxygens (including phenoxy) is 2. The van der Waals surface area contributed by atoms with E-state index in [9.17, 15) is 14.4 Å². The number of benzene rings is 2. The highest BCUT2D eigenvalue weighted by Crippen LogP contribution is 2.44. The van der Waals surface area contributed by atoms with Gasteiger partial charge in [0.15, 0.2) is 6.04 Å². The number of carbonyl (C=O) groups excluding carboxylic acids is 2. The summed E-state index contributed by atoms with van der Waals surface area (Å²) in [5.74, 6) is -1.92. The molecule has 0 fully saturated rings. The monoisotopic (exact) mass is 426 g/mol. The molecular formula is C23H26N2O6. The van der Waals surface area contributed by atoms with Crippen molar-refractivity contribution in [3.05, 3.63) is 59.7 Å². The van der Waals surface area contributed by atoms with Crippen LogP contribution in [-0.4, -0.2) is 55.5 Å². The molecule has 2 atom stereocenters. The molecule has 2 aromatic rings. The van der Waals surface area contributed by atoms with Crippen molar-refractivity contribution in [3.63, 3.8) is 0 Å². The lowest BCUT2D eigenvalue weighted by Crippen LogP contribution is -2.52. The molecule has 0 saturated carbocycles. The molecule has 1 aliphatic carbocycles. The summed E-state index contributed by atoms with van der Waals surface area (Å²) in [6.45, 7) is 1.65. The Bertz CT molecular complexity index is 915. The number of methoxy groups -OCH3 is 1. The van der Waals surface area contributed by atoms with E-state index in [4.69, 9.17) is 14.6 Å². The van der Waals surface area contributed by atoms with Gasteiger partial charge in [-0.3, -0.25) is 4.79 Å². The fourth-order valence-corrected chi connectivity index (χ4v) is 3.75. The van der Waals surface area contributed by atoms with Crippen LogP contribution in [0.5, 0.6) is 0 Å². The topological polar surface area (TPSA) is 114 Å². The van der Waals surface area contributed by atoms with Crippen LogP contribution in [0, 0.1) is 0 Å². The molecule has 3 N–H and O–H groups in total. The Kier molecular flexibility index (Phi) is 7.25. The van der Waals surface area contributed by atoms with Crippen LogP contribution in [0.25, 0.3) is 11.1 Å². The highest BCUT2D eigenvalue weighted by atomic mass is 16.5. The lowest BCUT2D eigenvalue weighted by molar-refractivity contribution is -0.143. The van der Waals surface area contributed by atoms with Crippen LogP contribution in [0.3, 0.4) is 0 Å². The van der Waals surface area contributed by atoms with E-state index >= 15 is 0 Å². The van der Waals surface area contributed by atoms with Crippen LogP contribution in [-0.2, 0) is 19.1 Å². The van der Waals surface area contributed by atoms with E-state index in [-0.39, 0.29) is 25.6 Å². The van der Waals surface area contributed by atoms with E-state index < -0.39 is 30.1 Å². The summed E-state index contributed by atoms with van der Waals surface area (Å²) >= 11 is 0. The molecule has 2 amide bonds. The molecule has 31 heavy (non-hydrogen) atoms. The fourth-order valence-electron chi connectivity index (χ4n) is 3.75. The predicted molar refractivity (Wildman–Crippen MR) is 114 cm³/mol. The first kappa shape index (κ1) is 22.3. The van der Waals surface area contributed by atoms with Crippen molar-refractivity contribution >= 4 is 18.0 Å². The van der Waals surface area contributed by atoms with Crippen molar-refractivity contribution in [2.45, 2.75) is 31.3 Å². The molecule has 1 aliphatic rings. The average molecular weight is 426 g/mol. The maximum Gasteiger partial charge on any atom is 0.407 e. The van der Waals surface area contributed by atoms with Gasteiger partial charge in [-0.1, -0.05) is 55.5 Å². The zero-order chi connectivity index (χ0) is 22.4. The summed E-state index contributed by atoms with van der Waals surface area (Å²) in [4.78, 5) is 36.0. The molecule has 3 rings (SSSR count). The van der Waals surface area contributed by atoms with Gasteiger partial charge in [-0.15, -0.1) is 0 Å². The summed E-state index contributed by atoms with van der Waals surface area (Å²) in [5.41, 5.74) is 4.42. The summed E-state index contributed by atoms with van der Waals surface area (Å²) in [5, 5.41) is 14.0. The number of carboxylic acid groups (broad SMARTS) is 1. The van der Waals surface area contributed by atoms with E-state index in [0.717, 1.165) is 22.3 Å². The van der Waals surface area contributed by atoms with Gasteiger partial charge in [-0.05, 0) is 28.7 Å². The molecule has 0 bridgehead atoms. The lowest BCUT2D eigenvalue weighted by atomic mass is 9.98. The van der Waals surface area contributed by atoms with Gasteiger partial charge in [0.05, 0.1) is 6.61 Å². The number of aliphatic carboxylic acids is 1. The SMILES string of the molecule is CC[C@@H](NC(=O)OCC1c2ccccc2-c2ccccc21)C(=O)NC(COC)C(=O)O. The van der Waals surface area contributed by atoms with Gasteiger partial charge >= 0.3 is 12.1 Å². The smallest absolute Gasteiger partial charge is 0.407 e.